The van der Waals surface area contributed by atoms with E-state index in [9.17, 15) is 4.79 Å². The average Bonchev–Trinajstić information content (AvgIpc) is 3.13. The number of ether oxygens (including phenoxy) is 1. The van der Waals surface area contributed by atoms with Gasteiger partial charge in [-0.25, -0.2) is 0 Å². The summed E-state index contributed by atoms with van der Waals surface area (Å²) >= 11 is 6.27. The molecule has 0 fully saturated rings. The van der Waals surface area contributed by atoms with E-state index in [4.69, 9.17) is 16.3 Å². The van der Waals surface area contributed by atoms with Gasteiger partial charge in [0.2, 0.25) is 0 Å². The quantitative estimate of drug-likeness (QED) is 0.350. The highest BCUT2D eigenvalue weighted by Gasteiger charge is 2.12. The van der Waals surface area contributed by atoms with Crippen molar-refractivity contribution in [3.63, 3.8) is 0 Å². The molecule has 1 heterocycles. The van der Waals surface area contributed by atoms with Crippen LogP contribution < -0.4 is 10.1 Å². The summed E-state index contributed by atoms with van der Waals surface area (Å²) in [4.78, 5) is 12.8. The molecule has 0 radical (unpaired) electrons. The van der Waals surface area contributed by atoms with Crippen LogP contribution in [0.2, 0.25) is 5.02 Å². The number of aryl methyl sites for hydroxylation is 3. The van der Waals surface area contributed by atoms with Crippen molar-refractivity contribution in [2.45, 2.75) is 33.9 Å². The molecule has 4 rings (SSSR count). The molecule has 0 bridgehead atoms. The number of carbonyl (C=O) groups excluding carboxylic acids is 1. The first-order valence-corrected chi connectivity index (χ1v) is 11.1. The van der Waals surface area contributed by atoms with Gasteiger partial charge < -0.3 is 10.1 Å². The Balaban J connectivity index is 1.42. The molecule has 1 amide bonds. The van der Waals surface area contributed by atoms with Crippen LogP contribution >= 0.6 is 11.6 Å². The van der Waals surface area contributed by atoms with Crippen LogP contribution in [0.3, 0.4) is 0 Å². The fraction of sp³-hybridized carbons (Fsp3) is 0.185. The molecule has 0 aliphatic carbocycles. The van der Waals surface area contributed by atoms with Gasteiger partial charge in [-0.1, -0.05) is 59.6 Å². The van der Waals surface area contributed by atoms with Crippen molar-refractivity contribution in [3.8, 4) is 5.75 Å². The van der Waals surface area contributed by atoms with Gasteiger partial charge in [0.15, 0.2) is 5.82 Å². The highest BCUT2D eigenvalue weighted by molar-refractivity contribution is 6.31. The third kappa shape index (κ3) is 5.62. The van der Waals surface area contributed by atoms with Gasteiger partial charge in [0.25, 0.3) is 5.91 Å². The molecule has 0 unspecified atom stereocenters. The van der Waals surface area contributed by atoms with Crippen LogP contribution in [0.5, 0.6) is 5.75 Å². The van der Waals surface area contributed by atoms with Crippen molar-refractivity contribution >= 4 is 23.3 Å². The maximum Gasteiger partial charge on any atom is 0.256 e. The lowest BCUT2D eigenvalue weighted by Crippen LogP contribution is -2.13. The molecular formula is C27H26ClN3O2. The van der Waals surface area contributed by atoms with Gasteiger partial charge >= 0.3 is 0 Å². The number of rotatable bonds is 7. The molecule has 0 spiro atoms. The fourth-order valence-corrected chi connectivity index (χ4v) is 3.83. The molecule has 0 aliphatic heterocycles. The Morgan fingerprint density at radius 3 is 2.61 bits per heavy atom. The molecule has 1 aromatic heterocycles. The van der Waals surface area contributed by atoms with Crippen LogP contribution in [0, 0.1) is 20.8 Å². The monoisotopic (exact) mass is 459 g/mol. The van der Waals surface area contributed by atoms with Gasteiger partial charge in [-0.3, -0.25) is 9.48 Å². The molecule has 6 heteroatoms. The summed E-state index contributed by atoms with van der Waals surface area (Å²) in [5.41, 5.74) is 5.66. The number of hydrogen-bond donors (Lipinski definition) is 1. The smallest absolute Gasteiger partial charge is 0.256 e. The van der Waals surface area contributed by atoms with E-state index in [1.54, 1.807) is 6.07 Å². The van der Waals surface area contributed by atoms with Crippen LogP contribution in [-0.4, -0.2) is 15.7 Å². The number of nitrogens with zero attached hydrogens (tertiary/aromatic N) is 2. The van der Waals surface area contributed by atoms with E-state index in [-0.39, 0.29) is 5.91 Å². The Bertz CT molecular complexity index is 1300. The number of carbonyl (C=O) groups is 1. The molecule has 0 aliphatic rings. The summed E-state index contributed by atoms with van der Waals surface area (Å²) in [5, 5.41) is 8.11. The molecule has 33 heavy (non-hydrogen) atoms. The predicted molar refractivity (Wildman–Crippen MR) is 132 cm³/mol. The number of amides is 1. The van der Waals surface area contributed by atoms with Gasteiger partial charge in [-0.05, 0) is 61.7 Å². The number of halogens is 1. The Morgan fingerprint density at radius 2 is 1.82 bits per heavy atom. The molecule has 5 nitrogen and oxygen atoms in total. The van der Waals surface area contributed by atoms with Crippen molar-refractivity contribution in [1.82, 2.24) is 9.78 Å². The molecule has 3 aromatic carbocycles. The highest BCUT2D eigenvalue weighted by atomic mass is 35.5. The van der Waals surface area contributed by atoms with E-state index in [2.05, 4.69) is 23.4 Å². The normalized spacial score (nSPS) is 10.8. The van der Waals surface area contributed by atoms with Crippen molar-refractivity contribution in [1.29, 1.82) is 0 Å². The van der Waals surface area contributed by atoms with E-state index >= 15 is 0 Å². The van der Waals surface area contributed by atoms with E-state index in [0.717, 1.165) is 28.1 Å². The Kier molecular flexibility index (Phi) is 6.80. The van der Waals surface area contributed by atoms with Crippen LogP contribution in [0.25, 0.3) is 0 Å². The summed E-state index contributed by atoms with van der Waals surface area (Å²) in [5.74, 6) is 1.13. The minimum atomic E-state index is -0.217. The number of benzene rings is 3. The third-order valence-corrected chi connectivity index (χ3v) is 5.78. The Hall–Kier alpha value is -3.57. The second kappa shape index (κ2) is 9.92. The summed E-state index contributed by atoms with van der Waals surface area (Å²) in [7, 11) is 0. The first kappa shape index (κ1) is 22.6. The van der Waals surface area contributed by atoms with Crippen molar-refractivity contribution in [3.05, 3.63) is 111 Å². The lowest BCUT2D eigenvalue weighted by Gasteiger charge is -2.11. The van der Waals surface area contributed by atoms with Gasteiger partial charge in [0, 0.05) is 22.3 Å². The van der Waals surface area contributed by atoms with E-state index in [0.29, 0.717) is 29.6 Å². The SMILES string of the molecule is Cc1ccc(OCc2cccc(C(=O)Nc3cc(C)n(Cc4ccccc4Cl)n3)c2)c(C)c1. The number of hydrogen-bond acceptors (Lipinski definition) is 3. The second-order valence-corrected chi connectivity index (χ2v) is 8.54. The van der Waals surface area contributed by atoms with Crippen LogP contribution in [-0.2, 0) is 13.2 Å². The van der Waals surface area contributed by atoms with Gasteiger partial charge in [0.05, 0.1) is 6.54 Å². The van der Waals surface area contributed by atoms with Gasteiger partial charge in [-0.2, -0.15) is 5.10 Å². The second-order valence-electron chi connectivity index (χ2n) is 8.13. The highest BCUT2D eigenvalue weighted by Crippen LogP contribution is 2.21. The number of anilines is 1. The van der Waals surface area contributed by atoms with Gasteiger partial charge in [0.1, 0.15) is 12.4 Å². The topological polar surface area (TPSA) is 56.1 Å². The van der Waals surface area contributed by atoms with Crippen molar-refractivity contribution in [2.24, 2.45) is 0 Å². The average molecular weight is 460 g/mol. The maximum absolute atomic E-state index is 12.8. The summed E-state index contributed by atoms with van der Waals surface area (Å²) in [6.45, 7) is 6.95. The van der Waals surface area contributed by atoms with Crippen molar-refractivity contribution in [2.75, 3.05) is 5.32 Å². The van der Waals surface area contributed by atoms with Crippen LogP contribution in [0.15, 0.2) is 72.8 Å². The Labute approximate surface area is 199 Å². The van der Waals surface area contributed by atoms with E-state index in [1.165, 1.54) is 5.56 Å². The first-order chi connectivity index (χ1) is 15.9. The molecular weight excluding hydrogens is 434 g/mol. The summed E-state index contributed by atoms with van der Waals surface area (Å²) in [6.07, 6.45) is 0. The van der Waals surface area contributed by atoms with Crippen molar-refractivity contribution < 1.29 is 9.53 Å². The minimum absolute atomic E-state index is 0.217. The standard InChI is InChI=1S/C27H26ClN3O2/c1-18-11-12-25(19(2)13-18)33-17-21-7-6-9-22(15-21)27(32)29-26-14-20(3)31(30-26)16-23-8-4-5-10-24(23)28/h4-15H,16-17H2,1-3H3,(H,29,30,32). The predicted octanol–water partition coefficient (Wildman–Crippen LogP) is 6.34. The lowest BCUT2D eigenvalue weighted by atomic mass is 10.1. The third-order valence-electron chi connectivity index (χ3n) is 5.41. The number of aromatic nitrogens is 2. The zero-order valence-corrected chi connectivity index (χ0v) is 19.7. The minimum Gasteiger partial charge on any atom is -0.489 e. The largest absolute Gasteiger partial charge is 0.489 e. The molecule has 0 saturated heterocycles. The molecule has 4 aromatic rings. The zero-order chi connectivity index (χ0) is 23.4. The summed E-state index contributed by atoms with van der Waals surface area (Å²) in [6, 6.07) is 23.0. The first-order valence-electron chi connectivity index (χ1n) is 10.8. The number of nitrogens with one attached hydrogen (secondary N) is 1. The van der Waals surface area contributed by atoms with E-state index < -0.39 is 0 Å². The van der Waals surface area contributed by atoms with Gasteiger partial charge in [-0.15, -0.1) is 0 Å². The maximum atomic E-state index is 12.8. The molecule has 168 valence electrons. The molecule has 0 saturated carbocycles. The van der Waals surface area contributed by atoms with E-state index in [1.807, 2.05) is 79.2 Å². The summed E-state index contributed by atoms with van der Waals surface area (Å²) < 4.78 is 7.78. The zero-order valence-electron chi connectivity index (χ0n) is 18.9. The van der Waals surface area contributed by atoms with Crippen LogP contribution in [0.1, 0.15) is 38.3 Å². The van der Waals surface area contributed by atoms with Crippen LogP contribution in [0.4, 0.5) is 5.82 Å². The molecule has 0 atom stereocenters. The lowest BCUT2D eigenvalue weighted by molar-refractivity contribution is 0.102. The Morgan fingerprint density at radius 1 is 1.00 bits per heavy atom. The molecule has 1 N–H and O–H groups in total. The fourth-order valence-electron chi connectivity index (χ4n) is 3.63.